The summed E-state index contributed by atoms with van der Waals surface area (Å²) in [6.07, 6.45) is 2.69. The monoisotopic (exact) mass is 276 g/mol. The molecule has 1 aliphatic rings. The van der Waals surface area contributed by atoms with E-state index in [1.165, 1.54) is 12.0 Å². The largest absolute Gasteiger partial charge is 0.374 e. The second-order valence-electron chi connectivity index (χ2n) is 5.87. The highest BCUT2D eigenvalue weighted by Crippen LogP contribution is 2.08. The zero-order chi connectivity index (χ0) is 14.2. The Morgan fingerprint density at radius 2 is 2.10 bits per heavy atom. The SMILES string of the molecule is CC(C)N1CCOC(CNCCCc2ccccc2)C1. The molecule has 1 atom stereocenters. The lowest BCUT2D eigenvalue weighted by Crippen LogP contribution is -2.49. The van der Waals surface area contributed by atoms with Gasteiger partial charge in [0.1, 0.15) is 0 Å². The van der Waals surface area contributed by atoms with E-state index in [9.17, 15) is 0 Å². The van der Waals surface area contributed by atoms with Crippen molar-refractivity contribution in [1.29, 1.82) is 0 Å². The van der Waals surface area contributed by atoms with Gasteiger partial charge in [-0.3, -0.25) is 4.90 Å². The molecule has 1 saturated heterocycles. The van der Waals surface area contributed by atoms with E-state index in [2.05, 4.69) is 54.4 Å². The summed E-state index contributed by atoms with van der Waals surface area (Å²) in [7, 11) is 0. The molecule has 0 aromatic heterocycles. The fourth-order valence-corrected chi connectivity index (χ4v) is 2.66. The molecule has 1 aromatic carbocycles. The lowest BCUT2D eigenvalue weighted by Gasteiger charge is -2.35. The standard InChI is InChI=1S/C17H28N2O/c1-15(2)19-11-12-20-17(14-19)13-18-10-6-9-16-7-4-3-5-8-16/h3-5,7-8,15,17-18H,6,9-14H2,1-2H3. The molecular weight excluding hydrogens is 248 g/mol. The smallest absolute Gasteiger partial charge is 0.0826 e. The van der Waals surface area contributed by atoms with Gasteiger partial charge in [-0.15, -0.1) is 0 Å². The molecule has 0 aliphatic carbocycles. The van der Waals surface area contributed by atoms with Gasteiger partial charge in [-0.1, -0.05) is 30.3 Å². The molecule has 0 spiro atoms. The summed E-state index contributed by atoms with van der Waals surface area (Å²) in [6.45, 7) is 9.56. The number of nitrogens with zero attached hydrogens (tertiary/aromatic N) is 1. The molecule has 0 bridgehead atoms. The van der Waals surface area contributed by atoms with Gasteiger partial charge in [0.15, 0.2) is 0 Å². The zero-order valence-electron chi connectivity index (χ0n) is 12.8. The number of nitrogens with one attached hydrogen (secondary N) is 1. The molecule has 0 saturated carbocycles. The van der Waals surface area contributed by atoms with Crippen LogP contribution in [0.1, 0.15) is 25.8 Å². The van der Waals surface area contributed by atoms with E-state index in [0.717, 1.165) is 39.2 Å². The minimum Gasteiger partial charge on any atom is -0.374 e. The van der Waals surface area contributed by atoms with Crippen molar-refractivity contribution in [2.24, 2.45) is 0 Å². The Balaban J connectivity index is 1.57. The Labute approximate surface area is 123 Å². The van der Waals surface area contributed by atoms with E-state index in [4.69, 9.17) is 4.74 Å². The van der Waals surface area contributed by atoms with E-state index in [-0.39, 0.29) is 0 Å². The minimum absolute atomic E-state index is 0.350. The number of morpholine rings is 1. The van der Waals surface area contributed by atoms with E-state index in [0.29, 0.717) is 12.1 Å². The Kier molecular flexibility index (Phi) is 6.51. The third-order valence-corrected chi connectivity index (χ3v) is 3.93. The van der Waals surface area contributed by atoms with Crippen LogP contribution in [0, 0.1) is 0 Å². The second kappa shape index (κ2) is 8.40. The first-order valence-electron chi connectivity index (χ1n) is 7.86. The van der Waals surface area contributed by atoms with Crippen molar-refractivity contribution >= 4 is 0 Å². The predicted molar refractivity (Wildman–Crippen MR) is 84.1 cm³/mol. The molecule has 3 heteroatoms. The van der Waals surface area contributed by atoms with Gasteiger partial charge in [-0.05, 0) is 38.8 Å². The third-order valence-electron chi connectivity index (χ3n) is 3.93. The molecule has 3 nitrogen and oxygen atoms in total. The van der Waals surface area contributed by atoms with E-state index >= 15 is 0 Å². The molecule has 20 heavy (non-hydrogen) atoms. The lowest BCUT2D eigenvalue weighted by molar-refractivity contribution is -0.0370. The van der Waals surface area contributed by atoms with Crippen molar-refractivity contribution in [1.82, 2.24) is 10.2 Å². The molecule has 0 amide bonds. The summed E-state index contributed by atoms with van der Waals surface area (Å²) in [5.74, 6) is 0. The van der Waals surface area contributed by atoms with Gasteiger partial charge in [0.05, 0.1) is 12.7 Å². The maximum Gasteiger partial charge on any atom is 0.0826 e. The fourth-order valence-electron chi connectivity index (χ4n) is 2.66. The van der Waals surface area contributed by atoms with Gasteiger partial charge in [0.2, 0.25) is 0 Å². The molecule has 1 aliphatic heterocycles. The Hall–Kier alpha value is -0.900. The maximum absolute atomic E-state index is 5.82. The van der Waals surface area contributed by atoms with Gasteiger partial charge >= 0.3 is 0 Å². The summed E-state index contributed by atoms with van der Waals surface area (Å²) < 4.78 is 5.82. The number of rotatable bonds is 7. The first-order valence-corrected chi connectivity index (χ1v) is 7.86. The predicted octanol–water partition coefficient (Wildman–Crippen LogP) is 2.32. The molecule has 1 heterocycles. The molecule has 1 N–H and O–H groups in total. The number of aryl methyl sites for hydroxylation is 1. The second-order valence-corrected chi connectivity index (χ2v) is 5.87. The average molecular weight is 276 g/mol. The van der Waals surface area contributed by atoms with Crippen LogP contribution in [0.5, 0.6) is 0 Å². The topological polar surface area (TPSA) is 24.5 Å². The normalized spacial score (nSPS) is 20.4. The summed E-state index contributed by atoms with van der Waals surface area (Å²) >= 11 is 0. The van der Waals surface area contributed by atoms with E-state index in [1.807, 2.05) is 0 Å². The van der Waals surface area contributed by atoms with E-state index in [1.54, 1.807) is 0 Å². The lowest BCUT2D eigenvalue weighted by atomic mass is 10.1. The Morgan fingerprint density at radius 3 is 2.85 bits per heavy atom. The van der Waals surface area contributed by atoms with Gasteiger partial charge < -0.3 is 10.1 Å². The molecule has 1 unspecified atom stereocenters. The zero-order valence-corrected chi connectivity index (χ0v) is 12.8. The first kappa shape index (κ1) is 15.5. The van der Waals surface area contributed by atoms with Crippen LogP contribution in [0.3, 0.4) is 0 Å². The van der Waals surface area contributed by atoms with Crippen molar-refractivity contribution in [2.75, 3.05) is 32.8 Å². The Bertz CT molecular complexity index is 367. The van der Waals surface area contributed by atoms with Crippen molar-refractivity contribution in [3.63, 3.8) is 0 Å². The van der Waals surface area contributed by atoms with Crippen LogP contribution in [0.4, 0.5) is 0 Å². The Morgan fingerprint density at radius 1 is 1.30 bits per heavy atom. The van der Waals surface area contributed by atoms with Crippen LogP contribution < -0.4 is 5.32 Å². The minimum atomic E-state index is 0.350. The fraction of sp³-hybridized carbons (Fsp3) is 0.647. The molecule has 1 fully saturated rings. The number of ether oxygens (including phenoxy) is 1. The molecule has 1 aromatic rings. The quantitative estimate of drug-likeness (QED) is 0.774. The summed E-state index contributed by atoms with van der Waals surface area (Å²) in [6, 6.07) is 11.3. The summed E-state index contributed by atoms with van der Waals surface area (Å²) in [5, 5.41) is 3.53. The molecule has 112 valence electrons. The molecule has 2 rings (SSSR count). The average Bonchev–Trinajstić information content (AvgIpc) is 2.48. The van der Waals surface area contributed by atoms with Crippen molar-refractivity contribution in [3.05, 3.63) is 35.9 Å². The highest BCUT2D eigenvalue weighted by molar-refractivity contribution is 5.14. The van der Waals surface area contributed by atoms with Crippen molar-refractivity contribution < 1.29 is 4.74 Å². The van der Waals surface area contributed by atoms with Gasteiger partial charge in [0.25, 0.3) is 0 Å². The van der Waals surface area contributed by atoms with Crippen LogP contribution in [0.15, 0.2) is 30.3 Å². The van der Waals surface area contributed by atoms with Gasteiger partial charge in [-0.2, -0.15) is 0 Å². The molecular formula is C17H28N2O. The van der Waals surface area contributed by atoms with Crippen LogP contribution in [-0.2, 0) is 11.2 Å². The van der Waals surface area contributed by atoms with Crippen LogP contribution in [0.2, 0.25) is 0 Å². The van der Waals surface area contributed by atoms with Crippen LogP contribution in [-0.4, -0.2) is 49.8 Å². The van der Waals surface area contributed by atoms with Crippen LogP contribution >= 0.6 is 0 Å². The van der Waals surface area contributed by atoms with Gasteiger partial charge in [-0.25, -0.2) is 0 Å². The summed E-state index contributed by atoms with van der Waals surface area (Å²) in [4.78, 5) is 2.50. The molecule has 0 radical (unpaired) electrons. The first-order chi connectivity index (χ1) is 9.75. The highest BCUT2D eigenvalue weighted by atomic mass is 16.5. The van der Waals surface area contributed by atoms with Gasteiger partial charge in [0, 0.05) is 25.7 Å². The van der Waals surface area contributed by atoms with Crippen molar-refractivity contribution in [3.8, 4) is 0 Å². The third kappa shape index (κ3) is 5.23. The van der Waals surface area contributed by atoms with Crippen LogP contribution in [0.25, 0.3) is 0 Å². The maximum atomic E-state index is 5.82. The van der Waals surface area contributed by atoms with Crippen molar-refractivity contribution in [2.45, 2.75) is 38.8 Å². The number of hydrogen-bond acceptors (Lipinski definition) is 3. The highest BCUT2D eigenvalue weighted by Gasteiger charge is 2.21. The van der Waals surface area contributed by atoms with E-state index < -0.39 is 0 Å². The number of benzene rings is 1. The number of hydrogen-bond donors (Lipinski definition) is 1. The summed E-state index contributed by atoms with van der Waals surface area (Å²) in [5.41, 5.74) is 1.43.